The SMILES string of the molecule is O=C(C=Cc1ccc(-c2cc(Cl)ccc2Cl)o1)c1ccc(Cl)cc1. The van der Waals surface area contributed by atoms with E-state index < -0.39 is 0 Å². The second-order valence-corrected chi connectivity index (χ2v) is 6.31. The molecule has 0 N–H and O–H groups in total. The van der Waals surface area contributed by atoms with Crippen LogP contribution in [0.15, 0.2) is 65.1 Å². The Kier molecular flexibility index (Phi) is 5.10. The second-order valence-electron chi connectivity index (χ2n) is 5.03. The predicted molar refractivity (Wildman–Crippen MR) is 99.0 cm³/mol. The lowest BCUT2D eigenvalue weighted by atomic mass is 10.1. The molecule has 2 nitrogen and oxygen atoms in total. The summed E-state index contributed by atoms with van der Waals surface area (Å²) in [6.45, 7) is 0. The molecule has 1 aromatic heterocycles. The zero-order chi connectivity index (χ0) is 17.1. The topological polar surface area (TPSA) is 30.2 Å². The number of benzene rings is 2. The molecular weight excluding hydrogens is 367 g/mol. The van der Waals surface area contributed by atoms with E-state index >= 15 is 0 Å². The first-order valence-electron chi connectivity index (χ1n) is 7.06. The van der Waals surface area contributed by atoms with Crippen LogP contribution < -0.4 is 0 Å². The minimum absolute atomic E-state index is 0.134. The smallest absolute Gasteiger partial charge is 0.185 e. The number of halogens is 3. The number of carbonyl (C=O) groups excluding carboxylic acids is 1. The van der Waals surface area contributed by atoms with E-state index in [0.717, 1.165) is 0 Å². The van der Waals surface area contributed by atoms with Crippen LogP contribution in [0.5, 0.6) is 0 Å². The van der Waals surface area contributed by atoms with E-state index in [9.17, 15) is 4.79 Å². The molecule has 0 aliphatic heterocycles. The first kappa shape index (κ1) is 16.8. The van der Waals surface area contributed by atoms with Crippen LogP contribution in [0.2, 0.25) is 15.1 Å². The summed E-state index contributed by atoms with van der Waals surface area (Å²) in [5.74, 6) is 0.995. The normalized spacial score (nSPS) is 11.1. The molecule has 1 heterocycles. The van der Waals surface area contributed by atoms with Crippen molar-refractivity contribution in [1.29, 1.82) is 0 Å². The van der Waals surface area contributed by atoms with Crippen LogP contribution in [0.4, 0.5) is 0 Å². The summed E-state index contributed by atoms with van der Waals surface area (Å²) >= 11 is 18.0. The first-order valence-corrected chi connectivity index (χ1v) is 8.19. The van der Waals surface area contributed by atoms with Crippen molar-refractivity contribution in [3.05, 3.63) is 87.1 Å². The van der Waals surface area contributed by atoms with Crippen molar-refractivity contribution in [3.8, 4) is 11.3 Å². The lowest BCUT2D eigenvalue weighted by Crippen LogP contribution is -1.92. The molecular formula is C19H11Cl3O2. The Balaban J connectivity index is 1.79. The summed E-state index contributed by atoms with van der Waals surface area (Å²) < 4.78 is 5.71. The van der Waals surface area contributed by atoms with Gasteiger partial charge in [0.05, 0.1) is 5.02 Å². The Bertz CT molecular complexity index is 909. The summed E-state index contributed by atoms with van der Waals surface area (Å²) in [6, 6.07) is 15.4. The molecule has 0 unspecified atom stereocenters. The molecule has 3 rings (SSSR count). The molecule has 24 heavy (non-hydrogen) atoms. The highest BCUT2D eigenvalue weighted by molar-refractivity contribution is 6.35. The van der Waals surface area contributed by atoms with Crippen LogP contribution in [0.1, 0.15) is 16.1 Å². The third-order valence-corrected chi connectivity index (χ3v) is 4.17. The monoisotopic (exact) mass is 376 g/mol. The zero-order valence-electron chi connectivity index (χ0n) is 12.3. The molecule has 0 atom stereocenters. The van der Waals surface area contributed by atoms with E-state index in [1.807, 2.05) is 0 Å². The summed E-state index contributed by atoms with van der Waals surface area (Å²) in [4.78, 5) is 12.1. The summed E-state index contributed by atoms with van der Waals surface area (Å²) in [7, 11) is 0. The van der Waals surface area contributed by atoms with Crippen LogP contribution in [0, 0.1) is 0 Å². The van der Waals surface area contributed by atoms with Crippen molar-refractivity contribution in [2.24, 2.45) is 0 Å². The summed E-state index contributed by atoms with van der Waals surface area (Å²) in [5.41, 5.74) is 1.26. The Morgan fingerprint density at radius 1 is 0.875 bits per heavy atom. The number of rotatable bonds is 4. The van der Waals surface area contributed by atoms with Gasteiger partial charge in [-0.15, -0.1) is 0 Å². The van der Waals surface area contributed by atoms with Crippen molar-refractivity contribution in [1.82, 2.24) is 0 Å². The number of hydrogen-bond donors (Lipinski definition) is 0. The van der Waals surface area contributed by atoms with E-state index in [-0.39, 0.29) is 5.78 Å². The number of allylic oxidation sites excluding steroid dienone is 1. The maximum Gasteiger partial charge on any atom is 0.185 e. The predicted octanol–water partition coefficient (Wildman–Crippen LogP) is 6.80. The molecule has 0 bridgehead atoms. The van der Waals surface area contributed by atoms with Gasteiger partial charge in [-0.2, -0.15) is 0 Å². The molecule has 3 aromatic rings. The fraction of sp³-hybridized carbons (Fsp3) is 0. The Labute approximate surface area is 154 Å². The van der Waals surface area contributed by atoms with Crippen LogP contribution in [-0.4, -0.2) is 5.78 Å². The number of ketones is 1. The van der Waals surface area contributed by atoms with Gasteiger partial charge in [-0.1, -0.05) is 34.8 Å². The largest absolute Gasteiger partial charge is 0.457 e. The quantitative estimate of drug-likeness (QED) is 0.369. The Hall–Kier alpha value is -2.00. The average Bonchev–Trinajstić information content (AvgIpc) is 3.04. The molecule has 0 saturated carbocycles. The van der Waals surface area contributed by atoms with Crippen molar-refractivity contribution in [3.63, 3.8) is 0 Å². The molecule has 0 aliphatic rings. The minimum atomic E-state index is -0.134. The average molecular weight is 378 g/mol. The maximum atomic E-state index is 12.1. The van der Waals surface area contributed by atoms with Gasteiger partial charge in [-0.25, -0.2) is 0 Å². The molecule has 0 aliphatic carbocycles. The van der Waals surface area contributed by atoms with E-state index in [1.54, 1.807) is 60.7 Å². The molecule has 0 spiro atoms. The molecule has 5 heteroatoms. The number of hydrogen-bond acceptors (Lipinski definition) is 2. The maximum absolute atomic E-state index is 12.1. The minimum Gasteiger partial charge on any atom is -0.457 e. The standard InChI is InChI=1S/C19H11Cl3O2/c20-13-3-1-12(2-4-13)18(23)9-6-15-7-10-19(24-15)16-11-14(21)5-8-17(16)22/h1-11H. The molecule has 0 fully saturated rings. The van der Waals surface area contributed by atoms with Gasteiger partial charge in [0, 0.05) is 21.2 Å². The Morgan fingerprint density at radius 3 is 2.33 bits per heavy atom. The molecule has 120 valence electrons. The Morgan fingerprint density at radius 2 is 1.58 bits per heavy atom. The van der Waals surface area contributed by atoms with E-state index in [1.165, 1.54) is 6.08 Å². The van der Waals surface area contributed by atoms with Crippen LogP contribution >= 0.6 is 34.8 Å². The van der Waals surface area contributed by atoms with E-state index in [4.69, 9.17) is 39.2 Å². The van der Waals surface area contributed by atoms with Crippen LogP contribution in [-0.2, 0) is 0 Å². The molecule has 0 amide bonds. The van der Waals surface area contributed by atoms with Crippen molar-refractivity contribution >= 4 is 46.7 Å². The van der Waals surface area contributed by atoms with E-state index in [0.29, 0.717) is 37.7 Å². The first-order chi connectivity index (χ1) is 11.5. The van der Waals surface area contributed by atoms with Crippen molar-refractivity contribution in [2.45, 2.75) is 0 Å². The van der Waals surface area contributed by atoms with Crippen molar-refractivity contribution < 1.29 is 9.21 Å². The lowest BCUT2D eigenvalue weighted by Gasteiger charge is -2.01. The van der Waals surface area contributed by atoms with Gasteiger partial charge in [0.1, 0.15) is 11.5 Å². The lowest BCUT2D eigenvalue weighted by molar-refractivity contribution is 0.104. The fourth-order valence-corrected chi connectivity index (χ4v) is 2.65. The van der Waals surface area contributed by atoms with Gasteiger partial charge in [0.25, 0.3) is 0 Å². The molecule has 2 aromatic carbocycles. The van der Waals surface area contributed by atoms with Crippen LogP contribution in [0.3, 0.4) is 0 Å². The van der Waals surface area contributed by atoms with Crippen molar-refractivity contribution in [2.75, 3.05) is 0 Å². The summed E-state index contributed by atoms with van der Waals surface area (Å²) in [5, 5.41) is 1.70. The highest BCUT2D eigenvalue weighted by atomic mass is 35.5. The number of carbonyl (C=O) groups is 1. The second kappa shape index (κ2) is 7.27. The zero-order valence-corrected chi connectivity index (χ0v) is 14.6. The highest BCUT2D eigenvalue weighted by Crippen LogP contribution is 2.32. The number of furan rings is 1. The van der Waals surface area contributed by atoms with E-state index in [2.05, 4.69) is 0 Å². The van der Waals surface area contributed by atoms with Gasteiger partial charge < -0.3 is 4.42 Å². The highest BCUT2D eigenvalue weighted by Gasteiger charge is 2.09. The van der Waals surface area contributed by atoms with Gasteiger partial charge >= 0.3 is 0 Å². The van der Waals surface area contributed by atoms with Gasteiger partial charge in [-0.05, 0) is 66.7 Å². The van der Waals surface area contributed by atoms with Gasteiger partial charge in [-0.3, -0.25) is 4.79 Å². The third kappa shape index (κ3) is 3.90. The van der Waals surface area contributed by atoms with Crippen LogP contribution in [0.25, 0.3) is 17.4 Å². The molecule has 0 saturated heterocycles. The van der Waals surface area contributed by atoms with Gasteiger partial charge in [0.2, 0.25) is 0 Å². The fourth-order valence-electron chi connectivity index (χ4n) is 2.14. The third-order valence-electron chi connectivity index (χ3n) is 3.35. The van der Waals surface area contributed by atoms with Gasteiger partial charge in [0.15, 0.2) is 5.78 Å². The molecule has 0 radical (unpaired) electrons. The summed E-state index contributed by atoms with van der Waals surface area (Å²) in [6.07, 6.45) is 3.06.